The molecule has 0 aliphatic rings. The van der Waals surface area contributed by atoms with E-state index in [-0.39, 0.29) is 61.8 Å². The molecule has 0 N–H and O–H groups in total. The van der Waals surface area contributed by atoms with Gasteiger partial charge < -0.3 is 33.6 Å². The summed E-state index contributed by atoms with van der Waals surface area (Å²) in [4.78, 5) is 0. The quantitative estimate of drug-likeness (QED) is 0.157. The van der Waals surface area contributed by atoms with Gasteiger partial charge >= 0.3 is 26.2 Å². The minimum atomic E-state index is 0. The van der Waals surface area contributed by atoms with E-state index in [2.05, 4.69) is 189 Å². The van der Waals surface area contributed by atoms with Crippen molar-refractivity contribution in [2.75, 3.05) is 0 Å². The summed E-state index contributed by atoms with van der Waals surface area (Å²) in [5, 5.41) is 5.07. The summed E-state index contributed by atoms with van der Waals surface area (Å²) in [6.45, 7) is 17.7. The minimum absolute atomic E-state index is 0. The van der Waals surface area contributed by atoms with Crippen molar-refractivity contribution >= 4 is 21.5 Å². The number of aryl methyl sites for hydroxylation is 2. The Labute approximate surface area is 359 Å². The number of hydrogen-bond acceptors (Lipinski definition) is 2. The van der Waals surface area contributed by atoms with Crippen molar-refractivity contribution in [1.29, 1.82) is 0 Å². The van der Waals surface area contributed by atoms with Gasteiger partial charge in [0, 0.05) is 12.8 Å². The summed E-state index contributed by atoms with van der Waals surface area (Å²) in [5.41, 5.74) is 10.4. The second-order valence-electron chi connectivity index (χ2n) is 16.0. The molecule has 2 nitrogen and oxygen atoms in total. The zero-order valence-electron chi connectivity index (χ0n) is 33.2. The molecule has 8 aromatic rings. The smallest absolute Gasteiger partial charge is 1.00 e. The van der Waals surface area contributed by atoms with E-state index in [1.807, 2.05) is 0 Å². The molecule has 0 saturated carbocycles. The van der Waals surface area contributed by atoms with Crippen LogP contribution < -0.4 is 24.8 Å². The van der Waals surface area contributed by atoms with Crippen molar-refractivity contribution < 1.29 is 59.9 Å². The number of rotatable bonds is 6. The molecule has 0 atom stereocenters. The molecule has 0 saturated heterocycles. The maximum Gasteiger partial charge on any atom is 4.00 e. The Morgan fingerprint density at radius 2 is 0.836 bits per heavy atom. The van der Waals surface area contributed by atoms with E-state index in [1.165, 1.54) is 54.9 Å². The number of fused-ring (bicyclic) bond motifs is 2. The van der Waals surface area contributed by atoms with Crippen molar-refractivity contribution in [1.82, 2.24) is 0 Å². The monoisotopic (exact) mass is 842 g/mol. The SMILES string of the molecule is CCc1ccc(-c2cc3c(-c4ccc(C(C)(C)C)cc4)cccc3[cH-]2)o1.CCc1ccc(-c2cc3c(-c4ccc(C(C)(C)C)cc4)cccc3[cH-]2)o1.[Cl-].[Cl-].[Zr+4]. The topological polar surface area (TPSA) is 26.3 Å². The first-order valence-electron chi connectivity index (χ1n) is 18.7. The van der Waals surface area contributed by atoms with Crippen molar-refractivity contribution in [3.63, 3.8) is 0 Å². The molecule has 0 unspecified atom stereocenters. The predicted octanol–water partition coefficient (Wildman–Crippen LogP) is 8.70. The van der Waals surface area contributed by atoms with E-state index < -0.39 is 0 Å². The van der Waals surface area contributed by atoms with Crippen LogP contribution >= 0.6 is 0 Å². The van der Waals surface area contributed by atoms with E-state index in [0.29, 0.717) is 0 Å². The van der Waals surface area contributed by atoms with Crippen LogP contribution in [0, 0.1) is 0 Å². The summed E-state index contributed by atoms with van der Waals surface area (Å²) >= 11 is 0. The molecule has 0 spiro atoms. The first kappa shape index (κ1) is 43.8. The van der Waals surface area contributed by atoms with Gasteiger partial charge in [0.2, 0.25) is 0 Å². The minimum Gasteiger partial charge on any atom is -1.00 e. The molecule has 0 aliphatic carbocycles. The molecule has 2 heterocycles. The second kappa shape index (κ2) is 17.9. The summed E-state index contributed by atoms with van der Waals surface area (Å²) in [6, 6.07) is 48.2. The number of benzene rings is 4. The van der Waals surface area contributed by atoms with Crippen LogP contribution in [0.4, 0.5) is 0 Å². The van der Waals surface area contributed by atoms with E-state index >= 15 is 0 Å². The Balaban J connectivity index is 0.000000232. The predicted molar refractivity (Wildman–Crippen MR) is 222 cm³/mol. The van der Waals surface area contributed by atoms with Gasteiger partial charge in [0.1, 0.15) is 0 Å². The third-order valence-corrected chi connectivity index (χ3v) is 10.2. The Morgan fingerprint density at radius 1 is 0.473 bits per heavy atom. The molecule has 8 rings (SSSR count). The van der Waals surface area contributed by atoms with E-state index in [1.54, 1.807) is 0 Å². The number of hydrogen-bond donors (Lipinski definition) is 0. The maximum absolute atomic E-state index is 5.95. The van der Waals surface area contributed by atoms with Gasteiger partial charge in [-0.15, -0.1) is 57.9 Å². The molecule has 6 aromatic carbocycles. The summed E-state index contributed by atoms with van der Waals surface area (Å²) in [6.07, 6.45) is 1.84. The van der Waals surface area contributed by atoms with Crippen LogP contribution in [0.5, 0.6) is 0 Å². The Kier molecular flexibility index (Phi) is 14.3. The Hall–Kier alpha value is -3.88. The third-order valence-electron chi connectivity index (χ3n) is 10.2. The fourth-order valence-corrected chi connectivity index (χ4v) is 7.00. The molecule has 2 aromatic heterocycles. The van der Waals surface area contributed by atoms with E-state index in [9.17, 15) is 0 Å². The van der Waals surface area contributed by atoms with Gasteiger partial charge in [0.05, 0.1) is 23.0 Å². The van der Waals surface area contributed by atoms with Crippen molar-refractivity contribution in [2.24, 2.45) is 0 Å². The Bertz CT molecular complexity index is 2270. The Morgan fingerprint density at radius 3 is 1.15 bits per heavy atom. The number of furan rings is 2. The molecular formula is C50H50Cl2O2Zr. The molecule has 280 valence electrons. The molecule has 0 bridgehead atoms. The van der Waals surface area contributed by atoms with Gasteiger partial charge in [-0.3, -0.25) is 0 Å². The van der Waals surface area contributed by atoms with Crippen molar-refractivity contribution in [3.05, 3.63) is 156 Å². The van der Waals surface area contributed by atoms with Crippen molar-refractivity contribution in [3.8, 4) is 44.9 Å². The van der Waals surface area contributed by atoms with Crippen molar-refractivity contribution in [2.45, 2.75) is 79.1 Å². The average molecular weight is 845 g/mol. The zero-order chi connectivity index (χ0) is 36.6. The molecule has 0 fully saturated rings. The normalized spacial score (nSPS) is 11.3. The average Bonchev–Trinajstić information content (AvgIpc) is 3.96. The standard InChI is InChI=1S/2C25H25O.2ClH.Zr/c2*1-5-21-13-14-24(26-21)19-15-18-7-6-8-22(23(18)16-19)17-9-11-20(12-10-17)25(2,3)4;;;/h2*6-16H,5H2,1-4H3;2*1H;/q2*-1;;;+4/p-2. The molecule has 0 amide bonds. The van der Waals surface area contributed by atoms with Gasteiger partial charge in [0.25, 0.3) is 0 Å². The summed E-state index contributed by atoms with van der Waals surface area (Å²) in [7, 11) is 0. The molecule has 5 heteroatoms. The molecule has 55 heavy (non-hydrogen) atoms. The molecule has 0 aliphatic heterocycles. The molecular weight excluding hydrogens is 795 g/mol. The number of halogens is 2. The van der Waals surface area contributed by atoms with Gasteiger partial charge in [0.15, 0.2) is 0 Å². The largest absolute Gasteiger partial charge is 4.00 e. The van der Waals surface area contributed by atoms with Crippen LogP contribution in [0.3, 0.4) is 0 Å². The van der Waals surface area contributed by atoms with E-state index in [0.717, 1.165) is 47.0 Å². The summed E-state index contributed by atoms with van der Waals surface area (Å²) < 4.78 is 11.9. The van der Waals surface area contributed by atoms with Crippen LogP contribution in [-0.2, 0) is 49.9 Å². The van der Waals surface area contributed by atoms with Crippen LogP contribution in [0.15, 0.2) is 142 Å². The van der Waals surface area contributed by atoms with Gasteiger partial charge in [-0.2, -0.15) is 0 Å². The van der Waals surface area contributed by atoms with Crippen LogP contribution in [0.1, 0.15) is 78.0 Å². The maximum atomic E-state index is 5.95. The van der Waals surface area contributed by atoms with Gasteiger partial charge in [-0.25, -0.2) is 0 Å². The van der Waals surface area contributed by atoms with Crippen LogP contribution in [0.2, 0.25) is 0 Å². The zero-order valence-corrected chi connectivity index (χ0v) is 37.2. The van der Waals surface area contributed by atoms with Crippen LogP contribution in [-0.4, -0.2) is 0 Å². The van der Waals surface area contributed by atoms with E-state index in [4.69, 9.17) is 8.83 Å². The first-order chi connectivity index (χ1) is 24.9. The van der Waals surface area contributed by atoms with Gasteiger partial charge in [-0.05, 0) is 57.3 Å². The third kappa shape index (κ3) is 9.57. The molecule has 0 radical (unpaired) electrons. The fraction of sp³-hybridized carbons (Fsp3) is 0.240. The fourth-order valence-electron chi connectivity index (χ4n) is 7.00. The van der Waals surface area contributed by atoms with Crippen LogP contribution in [0.25, 0.3) is 66.4 Å². The summed E-state index contributed by atoms with van der Waals surface area (Å²) in [5.74, 6) is 3.96. The first-order valence-corrected chi connectivity index (χ1v) is 18.7. The second-order valence-corrected chi connectivity index (χ2v) is 16.0. The van der Waals surface area contributed by atoms with Gasteiger partial charge in [-0.1, -0.05) is 150 Å².